The van der Waals surface area contributed by atoms with Gasteiger partial charge in [-0.25, -0.2) is 0 Å². The highest BCUT2D eigenvalue weighted by Gasteiger charge is 2.26. The van der Waals surface area contributed by atoms with E-state index in [-0.39, 0.29) is 6.04 Å². The molecule has 0 bridgehead atoms. The van der Waals surface area contributed by atoms with Crippen LogP contribution < -0.4 is 5.73 Å². The zero-order chi connectivity index (χ0) is 9.26. The van der Waals surface area contributed by atoms with Crippen LogP contribution in [0.5, 0.6) is 0 Å². The van der Waals surface area contributed by atoms with Gasteiger partial charge in [-0.15, -0.1) is 0 Å². The van der Waals surface area contributed by atoms with E-state index >= 15 is 0 Å². The summed E-state index contributed by atoms with van der Waals surface area (Å²) >= 11 is 0. The number of rotatable bonds is 2. The van der Waals surface area contributed by atoms with Crippen LogP contribution in [0.2, 0.25) is 0 Å². The molecule has 70 valence electrons. The molecule has 1 saturated heterocycles. The van der Waals surface area contributed by atoms with Gasteiger partial charge in [-0.05, 0) is 12.5 Å². The minimum absolute atomic E-state index is 0.148. The fourth-order valence-corrected chi connectivity index (χ4v) is 1.52. The van der Waals surface area contributed by atoms with Crippen LogP contribution in [0.1, 0.15) is 17.2 Å². The Kier molecular flexibility index (Phi) is 2.34. The predicted molar refractivity (Wildman–Crippen MR) is 52.4 cm³/mol. The third-order valence-electron chi connectivity index (χ3n) is 2.63. The van der Waals surface area contributed by atoms with Gasteiger partial charge in [0.25, 0.3) is 0 Å². The molecule has 0 aromatic heterocycles. The molecule has 0 unspecified atom stereocenters. The maximum absolute atomic E-state index is 6.07. The highest BCUT2D eigenvalue weighted by molar-refractivity contribution is 5.24. The van der Waals surface area contributed by atoms with E-state index in [0.29, 0.717) is 5.92 Å². The number of hydrogen-bond acceptors (Lipinski definition) is 2. The molecule has 1 aliphatic heterocycles. The lowest BCUT2D eigenvalue weighted by Crippen LogP contribution is -2.37. The molecular weight excluding hydrogens is 162 g/mol. The summed E-state index contributed by atoms with van der Waals surface area (Å²) in [5.41, 5.74) is 8.57. The first-order chi connectivity index (χ1) is 6.27. The van der Waals surface area contributed by atoms with Crippen LogP contribution in [-0.2, 0) is 4.74 Å². The van der Waals surface area contributed by atoms with Gasteiger partial charge in [-0.1, -0.05) is 29.8 Å². The summed E-state index contributed by atoms with van der Waals surface area (Å²) in [5, 5.41) is 0. The number of hydrogen-bond donors (Lipinski definition) is 1. The SMILES string of the molecule is Cc1ccc([C@H](N)C2COC2)cc1. The Labute approximate surface area is 78.7 Å². The molecule has 1 aliphatic rings. The van der Waals surface area contributed by atoms with Gasteiger partial charge in [0, 0.05) is 12.0 Å². The number of nitrogens with two attached hydrogens (primary N) is 1. The Morgan fingerprint density at radius 3 is 2.38 bits per heavy atom. The van der Waals surface area contributed by atoms with Gasteiger partial charge in [0.2, 0.25) is 0 Å². The molecule has 0 spiro atoms. The van der Waals surface area contributed by atoms with Crippen molar-refractivity contribution >= 4 is 0 Å². The van der Waals surface area contributed by atoms with Crippen LogP contribution in [0.3, 0.4) is 0 Å². The van der Waals surface area contributed by atoms with E-state index in [1.807, 2.05) is 0 Å². The van der Waals surface area contributed by atoms with E-state index in [9.17, 15) is 0 Å². The summed E-state index contributed by atoms with van der Waals surface area (Å²) in [6.45, 7) is 3.71. The van der Waals surface area contributed by atoms with E-state index in [0.717, 1.165) is 13.2 Å². The fraction of sp³-hybridized carbons (Fsp3) is 0.455. The molecule has 1 heterocycles. The first kappa shape index (κ1) is 8.73. The fourth-order valence-electron chi connectivity index (χ4n) is 1.52. The summed E-state index contributed by atoms with van der Waals surface area (Å²) in [4.78, 5) is 0. The van der Waals surface area contributed by atoms with Crippen LogP contribution in [0, 0.1) is 12.8 Å². The summed E-state index contributed by atoms with van der Waals surface area (Å²) in [6.07, 6.45) is 0. The van der Waals surface area contributed by atoms with Crippen molar-refractivity contribution in [1.82, 2.24) is 0 Å². The zero-order valence-electron chi connectivity index (χ0n) is 7.86. The Morgan fingerprint density at radius 2 is 1.92 bits per heavy atom. The van der Waals surface area contributed by atoms with Crippen LogP contribution in [0.15, 0.2) is 24.3 Å². The Balaban J connectivity index is 2.10. The second-order valence-electron chi connectivity index (χ2n) is 3.73. The van der Waals surface area contributed by atoms with E-state index in [1.54, 1.807) is 0 Å². The summed E-state index contributed by atoms with van der Waals surface area (Å²) in [7, 11) is 0. The lowest BCUT2D eigenvalue weighted by Gasteiger charge is -2.31. The van der Waals surface area contributed by atoms with Crippen LogP contribution in [0.25, 0.3) is 0 Å². The zero-order valence-corrected chi connectivity index (χ0v) is 7.86. The lowest BCUT2D eigenvalue weighted by molar-refractivity contribution is -0.0441. The topological polar surface area (TPSA) is 35.2 Å². The maximum atomic E-state index is 6.07. The van der Waals surface area contributed by atoms with Gasteiger partial charge >= 0.3 is 0 Å². The molecular formula is C11H15NO. The molecule has 1 aromatic carbocycles. The van der Waals surface area contributed by atoms with Gasteiger partial charge in [0.15, 0.2) is 0 Å². The van der Waals surface area contributed by atoms with Gasteiger partial charge in [-0.3, -0.25) is 0 Å². The third-order valence-corrected chi connectivity index (χ3v) is 2.63. The molecule has 2 heteroatoms. The standard InChI is InChI=1S/C11H15NO/c1-8-2-4-9(5-3-8)11(12)10-6-13-7-10/h2-5,10-11H,6-7,12H2,1H3/t11-/m0/s1. The molecule has 0 saturated carbocycles. The van der Waals surface area contributed by atoms with Crippen molar-refractivity contribution in [3.8, 4) is 0 Å². The van der Waals surface area contributed by atoms with Crippen LogP contribution in [0.4, 0.5) is 0 Å². The summed E-state index contributed by atoms with van der Waals surface area (Å²) in [6, 6.07) is 8.58. The smallest absolute Gasteiger partial charge is 0.0534 e. The average Bonchev–Trinajstić information content (AvgIpc) is 2.02. The molecule has 0 radical (unpaired) electrons. The van der Waals surface area contributed by atoms with Crippen molar-refractivity contribution in [3.63, 3.8) is 0 Å². The molecule has 13 heavy (non-hydrogen) atoms. The molecule has 2 nitrogen and oxygen atoms in total. The van der Waals surface area contributed by atoms with Crippen LogP contribution >= 0.6 is 0 Å². The van der Waals surface area contributed by atoms with E-state index in [1.165, 1.54) is 11.1 Å². The first-order valence-corrected chi connectivity index (χ1v) is 4.67. The van der Waals surface area contributed by atoms with E-state index in [4.69, 9.17) is 10.5 Å². The number of benzene rings is 1. The molecule has 1 aromatic rings. The maximum Gasteiger partial charge on any atom is 0.0534 e. The monoisotopic (exact) mass is 177 g/mol. The Morgan fingerprint density at radius 1 is 1.31 bits per heavy atom. The van der Waals surface area contributed by atoms with Crippen molar-refractivity contribution in [2.75, 3.05) is 13.2 Å². The molecule has 0 aliphatic carbocycles. The number of aryl methyl sites for hydroxylation is 1. The summed E-state index contributed by atoms with van der Waals surface area (Å²) < 4.78 is 5.12. The highest BCUT2D eigenvalue weighted by Crippen LogP contribution is 2.25. The van der Waals surface area contributed by atoms with Crippen molar-refractivity contribution in [3.05, 3.63) is 35.4 Å². The molecule has 2 N–H and O–H groups in total. The Bertz CT molecular complexity index is 277. The first-order valence-electron chi connectivity index (χ1n) is 4.67. The largest absolute Gasteiger partial charge is 0.381 e. The quantitative estimate of drug-likeness (QED) is 0.745. The summed E-state index contributed by atoms with van der Waals surface area (Å²) in [5.74, 6) is 0.516. The molecule has 2 rings (SSSR count). The van der Waals surface area contributed by atoms with Crippen molar-refractivity contribution in [2.24, 2.45) is 11.7 Å². The molecule has 1 atom stereocenters. The van der Waals surface area contributed by atoms with Crippen molar-refractivity contribution < 1.29 is 4.74 Å². The predicted octanol–water partition coefficient (Wildman–Crippen LogP) is 1.64. The van der Waals surface area contributed by atoms with Gasteiger partial charge in [0.05, 0.1) is 13.2 Å². The minimum Gasteiger partial charge on any atom is -0.381 e. The highest BCUT2D eigenvalue weighted by atomic mass is 16.5. The van der Waals surface area contributed by atoms with Gasteiger partial charge in [0.1, 0.15) is 0 Å². The molecule has 0 amide bonds. The Hall–Kier alpha value is -0.860. The van der Waals surface area contributed by atoms with Crippen molar-refractivity contribution in [1.29, 1.82) is 0 Å². The lowest BCUT2D eigenvalue weighted by atomic mass is 9.92. The van der Waals surface area contributed by atoms with Gasteiger partial charge < -0.3 is 10.5 Å². The van der Waals surface area contributed by atoms with E-state index < -0.39 is 0 Å². The second-order valence-corrected chi connectivity index (χ2v) is 3.73. The van der Waals surface area contributed by atoms with Crippen molar-refractivity contribution in [2.45, 2.75) is 13.0 Å². The van der Waals surface area contributed by atoms with Crippen LogP contribution in [-0.4, -0.2) is 13.2 Å². The average molecular weight is 177 g/mol. The van der Waals surface area contributed by atoms with E-state index in [2.05, 4.69) is 31.2 Å². The third kappa shape index (κ3) is 1.74. The molecule has 1 fully saturated rings. The second kappa shape index (κ2) is 3.48. The number of ether oxygens (including phenoxy) is 1. The normalized spacial score (nSPS) is 19.5. The minimum atomic E-state index is 0.148. The van der Waals surface area contributed by atoms with Gasteiger partial charge in [-0.2, -0.15) is 0 Å².